The van der Waals surface area contributed by atoms with Crippen molar-refractivity contribution in [2.24, 2.45) is 5.73 Å². The molecule has 0 aromatic carbocycles. The van der Waals surface area contributed by atoms with Crippen molar-refractivity contribution in [2.45, 2.75) is 19.3 Å². The molecule has 1 aliphatic heterocycles. The van der Waals surface area contributed by atoms with Crippen molar-refractivity contribution in [1.82, 2.24) is 9.80 Å². The Morgan fingerprint density at radius 1 is 1.47 bits per heavy atom. The third kappa shape index (κ3) is 4.57. The number of nitrogens with zero attached hydrogens (tertiary/aromatic N) is 2. The Balaban J connectivity index is 2.19. The minimum atomic E-state index is 0.0155. The van der Waals surface area contributed by atoms with Crippen LogP contribution in [-0.2, 0) is 4.79 Å². The number of likely N-dealkylation sites (N-methyl/N-ethyl adjacent to an activating group) is 1. The fraction of sp³-hybridized carbons (Fsp3) is 0.800. The maximum absolute atomic E-state index is 11.5. The van der Waals surface area contributed by atoms with Crippen LogP contribution < -0.4 is 5.73 Å². The average Bonchev–Trinajstić information content (AvgIpc) is 2.65. The molecule has 0 spiro atoms. The van der Waals surface area contributed by atoms with Gasteiger partial charge in [0.2, 0.25) is 5.91 Å². The number of carbonyl (C=O) groups is 1. The number of rotatable bonds is 5. The molecule has 86 valence electrons. The van der Waals surface area contributed by atoms with Crippen LogP contribution in [0.4, 0.5) is 0 Å². The van der Waals surface area contributed by atoms with Gasteiger partial charge in [0.15, 0.2) is 0 Å². The molecule has 0 bridgehead atoms. The molecule has 0 aliphatic carbocycles. The average molecular weight is 229 g/mol. The molecular formula is C10H19N3OS. The summed E-state index contributed by atoms with van der Waals surface area (Å²) in [4.78, 5) is 15.9. The van der Waals surface area contributed by atoms with E-state index in [0.29, 0.717) is 0 Å². The van der Waals surface area contributed by atoms with Gasteiger partial charge in [-0.2, -0.15) is 0 Å². The first-order valence-electron chi connectivity index (χ1n) is 5.34. The van der Waals surface area contributed by atoms with Crippen LogP contribution in [-0.4, -0.2) is 53.9 Å². The normalized spacial score (nSPS) is 16.6. The number of hydrogen-bond acceptors (Lipinski definition) is 3. The predicted octanol–water partition coefficient (Wildman–Crippen LogP) is 0.217. The van der Waals surface area contributed by atoms with Crippen LogP contribution in [0.2, 0.25) is 0 Å². The first-order valence-corrected chi connectivity index (χ1v) is 5.75. The van der Waals surface area contributed by atoms with Crippen LogP contribution >= 0.6 is 12.2 Å². The standard InChI is InChI=1S/C10H19N3OS/c1-12(10(14)8-9(11)15)6-7-13-4-2-3-5-13/h2-8H2,1H3,(H2,11,15). The molecule has 0 aromatic heterocycles. The monoisotopic (exact) mass is 229 g/mol. The summed E-state index contributed by atoms with van der Waals surface area (Å²) in [6.07, 6.45) is 2.75. The zero-order valence-corrected chi connectivity index (χ0v) is 10.1. The van der Waals surface area contributed by atoms with Crippen molar-refractivity contribution in [3.05, 3.63) is 0 Å². The first-order chi connectivity index (χ1) is 7.09. The van der Waals surface area contributed by atoms with Gasteiger partial charge < -0.3 is 15.5 Å². The molecule has 5 heteroatoms. The van der Waals surface area contributed by atoms with Crippen LogP contribution in [0, 0.1) is 0 Å². The lowest BCUT2D eigenvalue weighted by Crippen LogP contribution is -2.36. The van der Waals surface area contributed by atoms with Crippen molar-refractivity contribution in [2.75, 3.05) is 33.2 Å². The van der Waals surface area contributed by atoms with Crippen LogP contribution in [0.25, 0.3) is 0 Å². The van der Waals surface area contributed by atoms with Crippen LogP contribution in [0.3, 0.4) is 0 Å². The molecule has 0 aromatic rings. The van der Waals surface area contributed by atoms with Gasteiger partial charge in [0.1, 0.15) is 0 Å². The van der Waals surface area contributed by atoms with Crippen LogP contribution in [0.5, 0.6) is 0 Å². The minimum absolute atomic E-state index is 0.0155. The maximum Gasteiger partial charge on any atom is 0.229 e. The summed E-state index contributed by atoms with van der Waals surface area (Å²) in [6, 6.07) is 0. The second-order valence-electron chi connectivity index (χ2n) is 4.01. The van der Waals surface area contributed by atoms with E-state index in [0.717, 1.165) is 26.2 Å². The van der Waals surface area contributed by atoms with Gasteiger partial charge >= 0.3 is 0 Å². The summed E-state index contributed by atoms with van der Waals surface area (Å²) in [5.41, 5.74) is 5.32. The SMILES string of the molecule is CN(CCN1CCCC1)C(=O)CC(N)=S. The van der Waals surface area contributed by atoms with Gasteiger partial charge in [-0.1, -0.05) is 12.2 Å². The van der Waals surface area contributed by atoms with E-state index in [2.05, 4.69) is 4.90 Å². The van der Waals surface area contributed by atoms with Crippen molar-refractivity contribution in [1.29, 1.82) is 0 Å². The Hall–Kier alpha value is -0.680. The number of hydrogen-bond donors (Lipinski definition) is 1. The van der Waals surface area contributed by atoms with Gasteiger partial charge in [-0.05, 0) is 25.9 Å². The first kappa shape index (κ1) is 12.4. The van der Waals surface area contributed by atoms with Crippen molar-refractivity contribution < 1.29 is 4.79 Å². The number of amides is 1. The summed E-state index contributed by atoms with van der Waals surface area (Å²) in [5.74, 6) is 0.0155. The van der Waals surface area contributed by atoms with Gasteiger partial charge in [0.05, 0.1) is 11.4 Å². The lowest BCUT2D eigenvalue weighted by atomic mass is 10.3. The summed E-state index contributed by atoms with van der Waals surface area (Å²) in [5, 5.41) is 0. The molecular weight excluding hydrogens is 210 g/mol. The molecule has 1 amide bonds. The Bertz CT molecular complexity index is 239. The van der Waals surface area contributed by atoms with Gasteiger partial charge in [-0.3, -0.25) is 4.79 Å². The molecule has 4 nitrogen and oxygen atoms in total. The van der Waals surface area contributed by atoms with Crippen molar-refractivity contribution >= 4 is 23.1 Å². The number of carbonyl (C=O) groups excluding carboxylic acids is 1. The predicted molar refractivity (Wildman–Crippen MR) is 64.7 cm³/mol. The highest BCUT2D eigenvalue weighted by molar-refractivity contribution is 7.80. The largest absolute Gasteiger partial charge is 0.393 e. The summed E-state index contributed by atoms with van der Waals surface area (Å²) < 4.78 is 0. The number of nitrogens with two attached hydrogens (primary N) is 1. The lowest BCUT2D eigenvalue weighted by molar-refractivity contribution is -0.128. The Morgan fingerprint density at radius 2 is 2.07 bits per heavy atom. The van der Waals surface area contributed by atoms with Gasteiger partial charge in [-0.15, -0.1) is 0 Å². The highest BCUT2D eigenvalue weighted by Crippen LogP contribution is 2.06. The molecule has 0 unspecified atom stereocenters. The zero-order chi connectivity index (χ0) is 11.3. The minimum Gasteiger partial charge on any atom is -0.393 e. The maximum atomic E-state index is 11.5. The molecule has 2 N–H and O–H groups in total. The topological polar surface area (TPSA) is 49.6 Å². The van der Waals surface area contributed by atoms with Gasteiger partial charge in [0.25, 0.3) is 0 Å². The summed E-state index contributed by atoms with van der Waals surface area (Å²) in [7, 11) is 1.80. The van der Waals surface area contributed by atoms with E-state index in [1.165, 1.54) is 12.8 Å². The van der Waals surface area contributed by atoms with E-state index in [-0.39, 0.29) is 17.3 Å². The van der Waals surface area contributed by atoms with Crippen molar-refractivity contribution in [3.8, 4) is 0 Å². The second-order valence-corrected chi connectivity index (χ2v) is 4.53. The fourth-order valence-corrected chi connectivity index (χ4v) is 1.83. The van der Waals surface area contributed by atoms with Gasteiger partial charge in [-0.25, -0.2) is 0 Å². The van der Waals surface area contributed by atoms with Crippen LogP contribution in [0.15, 0.2) is 0 Å². The molecule has 0 atom stereocenters. The van der Waals surface area contributed by atoms with Crippen LogP contribution in [0.1, 0.15) is 19.3 Å². The molecule has 0 saturated carbocycles. The summed E-state index contributed by atoms with van der Waals surface area (Å²) in [6.45, 7) is 4.05. The molecule has 1 heterocycles. The Morgan fingerprint density at radius 3 is 2.60 bits per heavy atom. The number of thiocarbonyl (C=S) groups is 1. The fourth-order valence-electron chi connectivity index (χ4n) is 1.71. The second kappa shape index (κ2) is 6.02. The highest BCUT2D eigenvalue weighted by atomic mass is 32.1. The van der Waals surface area contributed by atoms with E-state index in [9.17, 15) is 4.79 Å². The van der Waals surface area contributed by atoms with E-state index >= 15 is 0 Å². The highest BCUT2D eigenvalue weighted by Gasteiger charge is 2.14. The molecule has 1 saturated heterocycles. The van der Waals surface area contributed by atoms with Crippen molar-refractivity contribution in [3.63, 3.8) is 0 Å². The number of likely N-dealkylation sites (tertiary alicyclic amines) is 1. The van der Waals surface area contributed by atoms with E-state index in [1.54, 1.807) is 11.9 Å². The quantitative estimate of drug-likeness (QED) is 0.685. The molecule has 1 aliphatic rings. The molecule has 0 radical (unpaired) electrons. The summed E-state index contributed by atoms with van der Waals surface area (Å²) >= 11 is 4.70. The third-order valence-corrected chi connectivity index (χ3v) is 2.85. The Kier molecular flexibility index (Phi) is 4.98. The molecule has 1 rings (SSSR count). The zero-order valence-electron chi connectivity index (χ0n) is 9.24. The Labute approximate surface area is 96.4 Å². The van der Waals surface area contributed by atoms with Gasteiger partial charge in [0, 0.05) is 20.1 Å². The molecule has 1 fully saturated rings. The molecule has 15 heavy (non-hydrogen) atoms. The van der Waals surface area contributed by atoms with E-state index < -0.39 is 0 Å². The lowest BCUT2D eigenvalue weighted by Gasteiger charge is -2.21. The third-order valence-electron chi connectivity index (χ3n) is 2.70. The van der Waals surface area contributed by atoms with E-state index in [1.807, 2.05) is 0 Å². The smallest absolute Gasteiger partial charge is 0.229 e. The van der Waals surface area contributed by atoms with E-state index in [4.69, 9.17) is 18.0 Å².